The van der Waals surface area contributed by atoms with E-state index in [2.05, 4.69) is 32.3 Å². The molecule has 0 amide bonds. The van der Waals surface area contributed by atoms with Crippen LogP contribution in [0, 0.1) is 0 Å². The van der Waals surface area contributed by atoms with Gasteiger partial charge >= 0.3 is 0 Å². The number of nitrogens with one attached hydrogen (secondary N) is 1. The van der Waals surface area contributed by atoms with Gasteiger partial charge in [-0.15, -0.1) is 6.58 Å². The maximum absolute atomic E-state index is 4.05. The summed E-state index contributed by atoms with van der Waals surface area (Å²) in [6, 6.07) is 0. The first kappa shape index (κ1) is 15.3. The predicted octanol–water partition coefficient (Wildman–Crippen LogP) is 4.81. The van der Waals surface area contributed by atoms with Crippen molar-refractivity contribution in [3.8, 4) is 0 Å². The highest BCUT2D eigenvalue weighted by Crippen LogP contribution is 2.07. The molecule has 0 saturated carbocycles. The lowest BCUT2D eigenvalue weighted by molar-refractivity contribution is 0.617. The lowest BCUT2D eigenvalue weighted by Gasteiger charge is -2.09. The van der Waals surface area contributed by atoms with E-state index in [1.165, 1.54) is 56.2 Å². The van der Waals surface area contributed by atoms with Crippen LogP contribution in [0.1, 0.15) is 65.2 Å². The molecule has 0 bridgehead atoms. The van der Waals surface area contributed by atoms with Gasteiger partial charge < -0.3 is 5.32 Å². The van der Waals surface area contributed by atoms with Gasteiger partial charge in [-0.25, -0.2) is 0 Å². The van der Waals surface area contributed by atoms with E-state index >= 15 is 0 Å². The molecule has 0 atom stereocenters. The van der Waals surface area contributed by atoms with Crippen molar-refractivity contribution in [2.24, 2.45) is 0 Å². The van der Waals surface area contributed by atoms with Crippen molar-refractivity contribution in [3.63, 3.8) is 0 Å². The molecule has 0 aromatic carbocycles. The third-order valence-electron chi connectivity index (χ3n) is 2.74. The smallest absolute Gasteiger partial charge is 0.0143 e. The predicted molar refractivity (Wildman–Crippen MR) is 74.6 cm³/mol. The van der Waals surface area contributed by atoms with E-state index in [0.717, 1.165) is 13.0 Å². The monoisotopic (exact) mass is 223 g/mol. The molecule has 0 aliphatic carbocycles. The summed E-state index contributed by atoms with van der Waals surface area (Å²) in [6.45, 7) is 13.4. The van der Waals surface area contributed by atoms with Crippen molar-refractivity contribution in [1.29, 1.82) is 0 Å². The zero-order valence-electron chi connectivity index (χ0n) is 11.3. The summed E-state index contributed by atoms with van der Waals surface area (Å²) in [5.41, 5.74) is 2.52. The van der Waals surface area contributed by atoms with Gasteiger partial charge in [-0.05, 0) is 39.0 Å². The zero-order valence-corrected chi connectivity index (χ0v) is 11.3. The Morgan fingerprint density at radius 1 is 0.938 bits per heavy atom. The van der Waals surface area contributed by atoms with Crippen LogP contribution in [0.5, 0.6) is 0 Å². The first-order valence-electron chi connectivity index (χ1n) is 6.72. The van der Waals surface area contributed by atoms with E-state index in [9.17, 15) is 0 Å². The summed E-state index contributed by atoms with van der Waals surface area (Å²) in [4.78, 5) is 0. The summed E-state index contributed by atoms with van der Waals surface area (Å²) in [7, 11) is 0. The second kappa shape index (κ2) is 10.8. The molecule has 0 aliphatic rings. The molecule has 16 heavy (non-hydrogen) atoms. The minimum absolute atomic E-state index is 1.08. The number of allylic oxidation sites excluding steroid dienone is 2. The van der Waals surface area contributed by atoms with E-state index < -0.39 is 0 Å². The SMILES string of the molecule is C=C(C)CCCCCNC(=C)CCCCC. The minimum Gasteiger partial charge on any atom is -0.389 e. The van der Waals surface area contributed by atoms with Gasteiger partial charge in [0.2, 0.25) is 0 Å². The van der Waals surface area contributed by atoms with Gasteiger partial charge in [0.15, 0.2) is 0 Å². The van der Waals surface area contributed by atoms with Crippen molar-refractivity contribution in [1.82, 2.24) is 5.32 Å². The molecule has 0 rings (SSSR count). The van der Waals surface area contributed by atoms with Crippen molar-refractivity contribution in [2.45, 2.75) is 65.2 Å². The molecule has 0 unspecified atom stereocenters. The normalized spacial score (nSPS) is 10.1. The fraction of sp³-hybridized carbons (Fsp3) is 0.733. The molecule has 0 aromatic rings. The Labute approximate surface area is 102 Å². The molecule has 1 N–H and O–H groups in total. The van der Waals surface area contributed by atoms with Gasteiger partial charge in [0.05, 0.1) is 0 Å². The molecule has 0 saturated heterocycles. The largest absolute Gasteiger partial charge is 0.389 e. The average molecular weight is 223 g/mol. The summed E-state index contributed by atoms with van der Waals surface area (Å²) in [6.07, 6.45) is 10.0. The number of hydrogen-bond donors (Lipinski definition) is 1. The number of hydrogen-bond acceptors (Lipinski definition) is 1. The molecule has 0 heterocycles. The first-order chi connectivity index (χ1) is 7.66. The van der Waals surface area contributed by atoms with Crippen molar-refractivity contribution in [2.75, 3.05) is 6.54 Å². The van der Waals surface area contributed by atoms with Gasteiger partial charge in [0.25, 0.3) is 0 Å². The van der Waals surface area contributed by atoms with E-state index in [0.29, 0.717) is 0 Å². The topological polar surface area (TPSA) is 12.0 Å². The van der Waals surface area contributed by atoms with Crippen molar-refractivity contribution < 1.29 is 0 Å². The van der Waals surface area contributed by atoms with Gasteiger partial charge in [-0.3, -0.25) is 0 Å². The van der Waals surface area contributed by atoms with Crippen LogP contribution in [0.15, 0.2) is 24.4 Å². The molecule has 0 aliphatic heterocycles. The van der Waals surface area contributed by atoms with Gasteiger partial charge in [0, 0.05) is 12.2 Å². The molecule has 0 aromatic heterocycles. The Bertz CT molecular complexity index is 194. The van der Waals surface area contributed by atoms with Crippen LogP contribution in [0.3, 0.4) is 0 Å². The average Bonchev–Trinajstić information content (AvgIpc) is 2.23. The molecule has 0 spiro atoms. The van der Waals surface area contributed by atoms with Crippen LogP contribution in [0.4, 0.5) is 0 Å². The standard InChI is InChI=1S/C15H29N/c1-5-6-8-12-15(4)16-13-10-7-9-11-14(2)3/h16H,2,4-13H2,1,3H3. The Balaban J connectivity index is 3.18. The molecular weight excluding hydrogens is 194 g/mol. The highest BCUT2D eigenvalue weighted by Gasteiger charge is 1.94. The van der Waals surface area contributed by atoms with Crippen LogP contribution in [-0.4, -0.2) is 6.54 Å². The van der Waals surface area contributed by atoms with E-state index in [1.807, 2.05) is 0 Å². The molecular formula is C15H29N. The maximum atomic E-state index is 4.05. The Hall–Kier alpha value is -0.720. The first-order valence-corrected chi connectivity index (χ1v) is 6.72. The fourth-order valence-corrected chi connectivity index (χ4v) is 1.67. The number of rotatable bonds is 11. The molecule has 1 heteroatoms. The van der Waals surface area contributed by atoms with Crippen molar-refractivity contribution >= 4 is 0 Å². The number of unbranched alkanes of at least 4 members (excludes halogenated alkanes) is 4. The third-order valence-corrected chi connectivity index (χ3v) is 2.74. The summed E-state index contributed by atoms with van der Waals surface area (Å²) < 4.78 is 0. The summed E-state index contributed by atoms with van der Waals surface area (Å²) in [5, 5.41) is 3.41. The van der Waals surface area contributed by atoms with Gasteiger partial charge in [-0.2, -0.15) is 0 Å². The zero-order chi connectivity index (χ0) is 12.2. The highest BCUT2D eigenvalue weighted by atomic mass is 14.9. The van der Waals surface area contributed by atoms with Crippen LogP contribution in [0.25, 0.3) is 0 Å². The molecule has 1 nitrogen and oxygen atoms in total. The van der Waals surface area contributed by atoms with Crippen LogP contribution in [-0.2, 0) is 0 Å². The Kier molecular flexibility index (Phi) is 10.3. The van der Waals surface area contributed by atoms with Crippen LogP contribution >= 0.6 is 0 Å². The van der Waals surface area contributed by atoms with Gasteiger partial charge in [-0.1, -0.05) is 38.3 Å². The van der Waals surface area contributed by atoms with Crippen molar-refractivity contribution in [3.05, 3.63) is 24.4 Å². The summed E-state index contributed by atoms with van der Waals surface area (Å²) in [5.74, 6) is 0. The van der Waals surface area contributed by atoms with E-state index in [-0.39, 0.29) is 0 Å². The lowest BCUT2D eigenvalue weighted by Crippen LogP contribution is -2.13. The molecule has 0 fully saturated rings. The van der Waals surface area contributed by atoms with E-state index in [4.69, 9.17) is 0 Å². The quantitative estimate of drug-likeness (QED) is 0.391. The minimum atomic E-state index is 1.08. The summed E-state index contributed by atoms with van der Waals surface area (Å²) >= 11 is 0. The fourth-order valence-electron chi connectivity index (χ4n) is 1.67. The van der Waals surface area contributed by atoms with Crippen LogP contribution < -0.4 is 5.32 Å². The lowest BCUT2D eigenvalue weighted by atomic mass is 10.1. The Morgan fingerprint density at radius 3 is 2.25 bits per heavy atom. The molecule has 0 radical (unpaired) electrons. The van der Waals surface area contributed by atoms with Crippen LogP contribution in [0.2, 0.25) is 0 Å². The maximum Gasteiger partial charge on any atom is 0.0143 e. The van der Waals surface area contributed by atoms with Gasteiger partial charge in [0.1, 0.15) is 0 Å². The second-order valence-corrected chi connectivity index (χ2v) is 4.76. The van der Waals surface area contributed by atoms with E-state index in [1.54, 1.807) is 0 Å². The second-order valence-electron chi connectivity index (χ2n) is 4.76. The third kappa shape index (κ3) is 11.4. The highest BCUT2D eigenvalue weighted by molar-refractivity contribution is 4.90. The molecule has 94 valence electrons. The Morgan fingerprint density at radius 2 is 1.62 bits per heavy atom.